The number of hydrogen-bond donors (Lipinski definition) is 1. The maximum absolute atomic E-state index is 5.59. The lowest BCUT2D eigenvalue weighted by molar-refractivity contribution is 0.454. The Bertz CT molecular complexity index is 436. The normalized spacial score (nSPS) is 9.31. The molecule has 2 aromatic rings. The average Bonchev–Trinajstić information content (AvgIpc) is 2.31. The van der Waals surface area contributed by atoms with Gasteiger partial charge in [0.25, 0.3) is 0 Å². The molecule has 0 amide bonds. The maximum Gasteiger partial charge on any atom is 0.237 e. The fraction of sp³-hybridized carbons (Fsp3) is 0.0909. The van der Waals surface area contributed by atoms with Gasteiger partial charge < -0.3 is 10.5 Å². The minimum absolute atomic E-state index is 0. The summed E-state index contributed by atoms with van der Waals surface area (Å²) in [7, 11) is 0. The maximum atomic E-state index is 5.59. The summed E-state index contributed by atoms with van der Waals surface area (Å²) in [6.07, 6.45) is 4.75. The number of nitrogens with zero attached hydrogens (tertiary/aromatic N) is 2. The molecular formula is C11H12ClN3O. The molecule has 0 fully saturated rings. The van der Waals surface area contributed by atoms with Gasteiger partial charge in [-0.1, -0.05) is 18.2 Å². The van der Waals surface area contributed by atoms with Crippen LogP contribution in [-0.4, -0.2) is 9.97 Å². The van der Waals surface area contributed by atoms with Crippen molar-refractivity contribution < 1.29 is 4.74 Å². The monoisotopic (exact) mass is 237 g/mol. The van der Waals surface area contributed by atoms with E-state index in [0.29, 0.717) is 12.4 Å². The minimum atomic E-state index is 0. The Labute approximate surface area is 99.9 Å². The van der Waals surface area contributed by atoms with Crippen molar-refractivity contribution in [3.8, 4) is 11.6 Å². The Morgan fingerprint density at radius 1 is 1.19 bits per heavy atom. The SMILES string of the molecule is Cl.NCc1ccccc1Oc1cnccn1. The molecule has 5 heteroatoms. The van der Waals surface area contributed by atoms with Crippen molar-refractivity contribution in [2.75, 3.05) is 0 Å². The first-order valence-corrected chi connectivity index (χ1v) is 4.62. The highest BCUT2D eigenvalue weighted by Crippen LogP contribution is 2.22. The molecule has 84 valence electrons. The van der Waals surface area contributed by atoms with Crippen molar-refractivity contribution in [3.63, 3.8) is 0 Å². The second-order valence-electron chi connectivity index (χ2n) is 2.96. The zero-order valence-corrected chi connectivity index (χ0v) is 9.35. The number of hydrogen-bond acceptors (Lipinski definition) is 4. The first-order valence-electron chi connectivity index (χ1n) is 4.62. The Hall–Kier alpha value is -1.65. The topological polar surface area (TPSA) is 61.0 Å². The highest BCUT2D eigenvalue weighted by Gasteiger charge is 2.02. The van der Waals surface area contributed by atoms with Gasteiger partial charge in [0.1, 0.15) is 5.75 Å². The minimum Gasteiger partial charge on any atom is -0.437 e. The number of ether oxygens (including phenoxy) is 1. The van der Waals surface area contributed by atoms with Crippen molar-refractivity contribution in [2.45, 2.75) is 6.54 Å². The van der Waals surface area contributed by atoms with Gasteiger partial charge in [-0.05, 0) is 6.07 Å². The molecule has 0 aliphatic carbocycles. The molecule has 16 heavy (non-hydrogen) atoms. The number of aromatic nitrogens is 2. The van der Waals surface area contributed by atoms with Gasteiger partial charge >= 0.3 is 0 Å². The van der Waals surface area contributed by atoms with Crippen LogP contribution in [0.25, 0.3) is 0 Å². The van der Waals surface area contributed by atoms with Gasteiger partial charge in [-0.25, -0.2) is 4.98 Å². The largest absolute Gasteiger partial charge is 0.437 e. The predicted octanol–water partition coefficient (Wildman–Crippen LogP) is 2.15. The van der Waals surface area contributed by atoms with Crippen LogP contribution in [0, 0.1) is 0 Å². The van der Waals surface area contributed by atoms with E-state index in [4.69, 9.17) is 10.5 Å². The van der Waals surface area contributed by atoms with E-state index < -0.39 is 0 Å². The molecule has 0 radical (unpaired) electrons. The first-order chi connectivity index (χ1) is 7.40. The quantitative estimate of drug-likeness (QED) is 0.889. The predicted molar refractivity (Wildman–Crippen MR) is 63.7 cm³/mol. The number of para-hydroxylation sites is 1. The lowest BCUT2D eigenvalue weighted by atomic mass is 10.2. The zero-order valence-electron chi connectivity index (χ0n) is 8.54. The molecule has 0 spiro atoms. The van der Waals surface area contributed by atoms with Gasteiger partial charge in [-0.15, -0.1) is 12.4 Å². The Morgan fingerprint density at radius 2 is 2.00 bits per heavy atom. The fourth-order valence-corrected chi connectivity index (χ4v) is 1.22. The van der Waals surface area contributed by atoms with Crippen LogP contribution in [0.4, 0.5) is 0 Å². The molecule has 4 nitrogen and oxygen atoms in total. The third-order valence-corrected chi connectivity index (χ3v) is 1.95. The average molecular weight is 238 g/mol. The Balaban J connectivity index is 0.00000128. The van der Waals surface area contributed by atoms with Gasteiger partial charge in [0.15, 0.2) is 0 Å². The molecule has 0 aliphatic rings. The van der Waals surface area contributed by atoms with E-state index in [9.17, 15) is 0 Å². The van der Waals surface area contributed by atoms with E-state index in [1.807, 2.05) is 24.3 Å². The van der Waals surface area contributed by atoms with Gasteiger partial charge in [0.05, 0.1) is 6.20 Å². The van der Waals surface area contributed by atoms with Gasteiger partial charge in [0.2, 0.25) is 5.88 Å². The van der Waals surface area contributed by atoms with E-state index in [1.165, 1.54) is 0 Å². The molecule has 0 aliphatic heterocycles. The molecule has 0 unspecified atom stereocenters. The lowest BCUT2D eigenvalue weighted by Gasteiger charge is -2.07. The summed E-state index contributed by atoms with van der Waals surface area (Å²) < 4.78 is 5.55. The summed E-state index contributed by atoms with van der Waals surface area (Å²) in [6, 6.07) is 7.60. The fourth-order valence-electron chi connectivity index (χ4n) is 1.22. The Morgan fingerprint density at radius 3 is 2.69 bits per heavy atom. The van der Waals surface area contributed by atoms with Crippen LogP contribution < -0.4 is 10.5 Å². The molecule has 1 aromatic heterocycles. The van der Waals surface area contributed by atoms with E-state index in [2.05, 4.69) is 9.97 Å². The number of nitrogens with two attached hydrogens (primary N) is 1. The van der Waals surface area contributed by atoms with Crippen molar-refractivity contribution in [1.82, 2.24) is 9.97 Å². The number of halogens is 1. The molecule has 1 aromatic carbocycles. The lowest BCUT2D eigenvalue weighted by Crippen LogP contribution is -1.99. The van der Waals surface area contributed by atoms with E-state index in [0.717, 1.165) is 11.3 Å². The van der Waals surface area contributed by atoms with Gasteiger partial charge in [-0.2, -0.15) is 0 Å². The summed E-state index contributed by atoms with van der Waals surface area (Å²) in [5, 5.41) is 0. The highest BCUT2D eigenvalue weighted by atomic mass is 35.5. The molecule has 0 saturated carbocycles. The van der Waals surface area contributed by atoms with Crippen LogP contribution in [0.1, 0.15) is 5.56 Å². The summed E-state index contributed by atoms with van der Waals surface area (Å²) in [5.41, 5.74) is 6.54. The summed E-state index contributed by atoms with van der Waals surface area (Å²) in [4.78, 5) is 7.94. The van der Waals surface area contributed by atoms with Crippen molar-refractivity contribution in [1.29, 1.82) is 0 Å². The summed E-state index contributed by atoms with van der Waals surface area (Å²) in [5.74, 6) is 1.19. The molecule has 0 saturated heterocycles. The Kier molecular flexibility index (Phi) is 4.69. The van der Waals surface area contributed by atoms with Crippen LogP contribution in [0.3, 0.4) is 0 Å². The molecule has 2 N–H and O–H groups in total. The molecule has 0 atom stereocenters. The molecule has 0 bridgehead atoms. The number of benzene rings is 1. The van der Waals surface area contributed by atoms with Crippen LogP contribution in [0.2, 0.25) is 0 Å². The third-order valence-electron chi connectivity index (χ3n) is 1.95. The van der Waals surface area contributed by atoms with Crippen molar-refractivity contribution >= 4 is 12.4 Å². The summed E-state index contributed by atoms with van der Waals surface area (Å²) >= 11 is 0. The van der Waals surface area contributed by atoms with Gasteiger partial charge in [-0.3, -0.25) is 4.98 Å². The van der Waals surface area contributed by atoms with Crippen LogP contribution in [-0.2, 0) is 6.54 Å². The number of rotatable bonds is 3. The summed E-state index contributed by atoms with van der Waals surface area (Å²) in [6.45, 7) is 0.441. The van der Waals surface area contributed by atoms with Crippen LogP contribution in [0.15, 0.2) is 42.9 Å². The first kappa shape index (κ1) is 12.4. The zero-order chi connectivity index (χ0) is 10.5. The van der Waals surface area contributed by atoms with E-state index in [-0.39, 0.29) is 12.4 Å². The molecule has 1 heterocycles. The second kappa shape index (κ2) is 6.05. The van der Waals surface area contributed by atoms with E-state index in [1.54, 1.807) is 18.6 Å². The van der Waals surface area contributed by atoms with Crippen LogP contribution >= 0.6 is 12.4 Å². The van der Waals surface area contributed by atoms with E-state index >= 15 is 0 Å². The highest BCUT2D eigenvalue weighted by molar-refractivity contribution is 5.85. The van der Waals surface area contributed by atoms with Crippen molar-refractivity contribution in [3.05, 3.63) is 48.4 Å². The van der Waals surface area contributed by atoms with Gasteiger partial charge in [0, 0.05) is 24.5 Å². The standard InChI is InChI=1S/C11H11N3O.ClH/c12-7-9-3-1-2-4-10(9)15-11-8-13-5-6-14-11;/h1-6,8H,7,12H2;1H. The molecular weight excluding hydrogens is 226 g/mol. The second-order valence-corrected chi connectivity index (χ2v) is 2.96. The molecule has 2 rings (SSSR count). The van der Waals surface area contributed by atoms with Crippen LogP contribution in [0.5, 0.6) is 11.6 Å². The van der Waals surface area contributed by atoms with Crippen molar-refractivity contribution in [2.24, 2.45) is 5.73 Å². The smallest absolute Gasteiger partial charge is 0.237 e. The third kappa shape index (κ3) is 2.92.